The van der Waals surface area contributed by atoms with Gasteiger partial charge >= 0.3 is 5.51 Å². The number of alkyl halides is 3. The Kier molecular flexibility index (Phi) is 4.70. The Morgan fingerprint density at radius 1 is 1.33 bits per heavy atom. The van der Waals surface area contributed by atoms with Crippen molar-refractivity contribution in [3.63, 3.8) is 0 Å². The molecule has 0 aliphatic heterocycles. The second kappa shape index (κ2) is 6.27. The van der Waals surface area contributed by atoms with E-state index in [2.05, 4.69) is 11.4 Å². The van der Waals surface area contributed by atoms with Crippen LogP contribution >= 0.6 is 0 Å². The zero-order chi connectivity index (χ0) is 18.1. The molecule has 1 fully saturated rings. The van der Waals surface area contributed by atoms with Gasteiger partial charge in [-0.05, 0) is 31.4 Å². The summed E-state index contributed by atoms with van der Waals surface area (Å²) in [4.78, 5) is 8.94. The first-order valence-corrected chi connectivity index (χ1v) is 8.32. The Morgan fingerprint density at radius 3 is 2.54 bits per heavy atom. The van der Waals surface area contributed by atoms with Gasteiger partial charge in [-0.2, -0.15) is 18.4 Å². The van der Waals surface area contributed by atoms with E-state index in [-0.39, 0.29) is 17.6 Å². The molecule has 0 saturated heterocycles. The van der Waals surface area contributed by atoms with Gasteiger partial charge in [-0.25, -0.2) is 8.42 Å². The highest BCUT2D eigenvalue weighted by molar-refractivity contribution is 7.92. The molecule has 24 heavy (non-hydrogen) atoms. The van der Waals surface area contributed by atoms with Crippen LogP contribution in [0.5, 0.6) is 0 Å². The highest BCUT2D eigenvalue weighted by Crippen LogP contribution is 2.36. The predicted molar refractivity (Wildman–Crippen MR) is 76.7 cm³/mol. The number of nitro groups is 1. The van der Waals surface area contributed by atoms with Gasteiger partial charge in [-0.15, -0.1) is 0 Å². The molecular weight excluding hydrogens is 351 g/mol. The average Bonchev–Trinajstić information content (AvgIpc) is 2.93. The van der Waals surface area contributed by atoms with Gasteiger partial charge in [-0.1, -0.05) is 0 Å². The number of sulfone groups is 1. The lowest BCUT2D eigenvalue weighted by molar-refractivity contribution is -0.384. The first kappa shape index (κ1) is 18.0. The van der Waals surface area contributed by atoms with Crippen LogP contribution in [-0.2, 0) is 9.84 Å². The molecule has 0 bridgehead atoms. The molecule has 0 unspecified atom stereocenters. The molecule has 7 nitrogen and oxygen atoms in total. The van der Waals surface area contributed by atoms with Crippen LogP contribution in [0.15, 0.2) is 23.1 Å². The van der Waals surface area contributed by atoms with Crippen LogP contribution in [0.25, 0.3) is 0 Å². The summed E-state index contributed by atoms with van der Waals surface area (Å²) in [7, 11) is -5.68. The Morgan fingerprint density at radius 2 is 2.00 bits per heavy atom. The minimum atomic E-state index is -5.68. The lowest BCUT2D eigenvalue weighted by Crippen LogP contribution is -2.25. The molecule has 11 heteroatoms. The Labute approximate surface area is 135 Å². The second-order valence-electron chi connectivity index (χ2n) is 5.30. The monoisotopic (exact) mass is 363 g/mol. The number of nitrogens with zero attached hydrogens (tertiary/aromatic N) is 2. The molecule has 0 aromatic heterocycles. The van der Waals surface area contributed by atoms with E-state index in [0.29, 0.717) is 25.0 Å². The number of benzene rings is 1. The van der Waals surface area contributed by atoms with E-state index in [9.17, 15) is 31.7 Å². The van der Waals surface area contributed by atoms with E-state index in [4.69, 9.17) is 5.26 Å². The molecule has 1 aromatic rings. The largest absolute Gasteiger partial charge is 0.501 e. The van der Waals surface area contributed by atoms with Crippen LogP contribution in [0.4, 0.5) is 24.5 Å². The number of rotatable bonds is 4. The fraction of sp³-hybridized carbons (Fsp3) is 0.462. The zero-order valence-corrected chi connectivity index (χ0v) is 12.9. The fourth-order valence-corrected chi connectivity index (χ4v) is 3.35. The lowest BCUT2D eigenvalue weighted by Gasteiger charge is -2.17. The first-order valence-electron chi connectivity index (χ1n) is 6.84. The maximum absolute atomic E-state index is 12.6. The van der Waals surface area contributed by atoms with E-state index in [0.717, 1.165) is 12.5 Å². The van der Waals surface area contributed by atoms with Gasteiger partial charge in [0.1, 0.15) is 5.69 Å². The van der Waals surface area contributed by atoms with Crippen molar-refractivity contribution in [3.05, 3.63) is 28.3 Å². The molecule has 1 N–H and O–H groups in total. The molecule has 2 rings (SSSR count). The number of nitro benzene ring substituents is 1. The molecule has 1 saturated carbocycles. The Bertz CT molecular complexity index is 802. The topological polar surface area (TPSA) is 113 Å². The maximum atomic E-state index is 12.6. The Balaban J connectivity index is 2.42. The lowest BCUT2D eigenvalue weighted by atomic mass is 10.1. The van der Waals surface area contributed by atoms with Crippen LogP contribution in [0.3, 0.4) is 0 Å². The molecule has 0 heterocycles. The third-order valence-electron chi connectivity index (χ3n) is 3.80. The Hall–Kier alpha value is -2.35. The number of hydrogen-bond donors (Lipinski definition) is 1. The minimum absolute atomic E-state index is 0.117. The second-order valence-corrected chi connectivity index (χ2v) is 7.24. The van der Waals surface area contributed by atoms with Gasteiger partial charge in [0.25, 0.3) is 15.5 Å². The number of anilines is 1. The highest BCUT2D eigenvalue weighted by Gasteiger charge is 2.47. The van der Waals surface area contributed by atoms with Crippen LogP contribution in [0.2, 0.25) is 0 Å². The van der Waals surface area contributed by atoms with Crippen LogP contribution < -0.4 is 5.32 Å². The third-order valence-corrected chi connectivity index (χ3v) is 5.29. The highest BCUT2D eigenvalue weighted by atomic mass is 32.2. The summed E-state index contributed by atoms with van der Waals surface area (Å²) in [6, 6.07) is 3.64. The van der Waals surface area contributed by atoms with Crippen molar-refractivity contribution in [2.45, 2.75) is 35.7 Å². The summed E-state index contributed by atoms with van der Waals surface area (Å²) in [5.41, 5.74) is -6.45. The van der Waals surface area contributed by atoms with E-state index in [1.807, 2.05) is 0 Å². The van der Waals surface area contributed by atoms with Crippen LogP contribution in [0.1, 0.15) is 19.3 Å². The standard InChI is InChI=1S/C13H12F3N3O4S/c14-13(15,16)24(22,23)9-4-5-11(12(6-9)19(20)21)18-10-3-1-2-8(10)7-17/h4-6,8,10,18H,1-3H2/t8-,10-/m1/s1. The molecule has 1 aliphatic rings. The SMILES string of the molecule is N#C[C@H]1CCC[C@H]1Nc1ccc(S(=O)(=O)C(F)(F)F)cc1[N+](=O)[O-]. The molecule has 0 spiro atoms. The molecule has 2 atom stereocenters. The maximum Gasteiger partial charge on any atom is 0.501 e. The summed E-state index contributed by atoms with van der Waals surface area (Å²) in [5.74, 6) is -0.372. The van der Waals surface area contributed by atoms with Gasteiger partial charge < -0.3 is 5.32 Å². The molecule has 130 valence electrons. The average molecular weight is 363 g/mol. The first-order chi connectivity index (χ1) is 11.1. The fourth-order valence-electron chi connectivity index (χ4n) is 2.57. The van der Waals surface area contributed by atoms with Gasteiger partial charge in [-0.3, -0.25) is 10.1 Å². The van der Waals surface area contributed by atoms with Crippen molar-refractivity contribution in [3.8, 4) is 6.07 Å². The molecule has 0 radical (unpaired) electrons. The molecule has 1 aliphatic carbocycles. The summed E-state index contributed by atoms with van der Waals surface area (Å²) < 4.78 is 60.4. The number of nitrogens with one attached hydrogen (secondary N) is 1. The zero-order valence-electron chi connectivity index (χ0n) is 12.1. The van der Waals surface area contributed by atoms with Crippen molar-refractivity contribution < 1.29 is 26.5 Å². The van der Waals surface area contributed by atoms with Gasteiger partial charge in [0.2, 0.25) is 0 Å². The number of hydrogen-bond acceptors (Lipinski definition) is 6. The van der Waals surface area contributed by atoms with Crippen LogP contribution in [-0.4, -0.2) is 24.9 Å². The van der Waals surface area contributed by atoms with E-state index in [1.54, 1.807) is 0 Å². The van der Waals surface area contributed by atoms with E-state index in [1.165, 1.54) is 0 Å². The molecule has 0 amide bonds. The number of halogens is 3. The van der Waals surface area contributed by atoms with Crippen molar-refractivity contribution in [1.29, 1.82) is 5.26 Å². The van der Waals surface area contributed by atoms with E-state index < -0.39 is 30.9 Å². The van der Waals surface area contributed by atoms with Gasteiger partial charge in [0.05, 0.1) is 21.8 Å². The normalized spacial score (nSPS) is 21.2. The van der Waals surface area contributed by atoms with Crippen molar-refractivity contribution in [2.24, 2.45) is 5.92 Å². The number of nitriles is 1. The van der Waals surface area contributed by atoms with Crippen molar-refractivity contribution >= 4 is 21.2 Å². The summed E-state index contributed by atoms with van der Waals surface area (Å²) in [6.45, 7) is 0. The van der Waals surface area contributed by atoms with Crippen LogP contribution in [0, 0.1) is 27.4 Å². The molecule has 1 aromatic carbocycles. The summed E-state index contributed by atoms with van der Waals surface area (Å²) >= 11 is 0. The smallest absolute Gasteiger partial charge is 0.375 e. The summed E-state index contributed by atoms with van der Waals surface area (Å²) in [6.07, 6.45) is 1.94. The summed E-state index contributed by atoms with van der Waals surface area (Å²) in [5, 5.41) is 22.9. The quantitative estimate of drug-likeness (QED) is 0.650. The van der Waals surface area contributed by atoms with Gasteiger partial charge in [0.15, 0.2) is 0 Å². The van der Waals surface area contributed by atoms with Crippen molar-refractivity contribution in [1.82, 2.24) is 0 Å². The van der Waals surface area contributed by atoms with Crippen molar-refractivity contribution in [2.75, 3.05) is 5.32 Å². The van der Waals surface area contributed by atoms with E-state index >= 15 is 0 Å². The minimum Gasteiger partial charge on any atom is -0.375 e. The molecular formula is C13H12F3N3O4S. The van der Waals surface area contributed by atoms with Gasteiger partial charge in [0, 0.05) is 12.1 Å². The third kappa shape index (κ3) is 3.28. The predicted octanol–water partition coefficient (Wildman–Crippen LogP) is 2.99.